The number of carbonyl (C=O) groups excluding carboxylic acids is 1. The Morgan fingerprint density at radius 2 is 2.04 bits per heavy atom. The molecular weight excluding hydrogens is 372 g/mol. The number of carbonyl (C=O) groups is 1. The Balaban J connectivity index is 1.49. The zero-order valence-electron chi connectivity index (χ0n) is 14.6. The summed E-state index contributed by atoms with van der Waals surface area (Å²) in [6.45, 7) is 4.29. The number of rotatable bonds is 7. The number of hydrogen-bond donors (Lipinski definition) is 1. The number of ether oxygens (including phenoxy) is 1. The smallest absolute Gasteiger partial charge is 0.277 e. The zero-order valence-corrected chi connectivity index (χ0v) is 16.2. The molecule has 0 bridgehead atoms. The molecular formula is C17H18N4O3S2. The number of methoxy groups -OCH3 is 1. The lowest BCUT2D eigenvalue weighted by molar-refractivity contribution is -0.118. The van der Waals surface area contributed by atoms with E-state index in [-0.39, 0.29) is 11.7 Å². The fourth-order valence-electron chi connectivity index (χ4n) is 2.21. The van der Waals surface area contributed by atoms with E-state index in [9.17, 15) is 4.79 Å². The Morgan fingerprint density at radius 3 is 2.69 bits per heavy atom. The topological polar surface area (TPSA) is 90.1 Å². The molecule has 2 aromatic heterocycles. The van der Waals surface area contributed by atoms with Gasteiger partial charge >= 0.3 is 0 Å². The van der Waals surface area contributed by atoms with Gasteiger partial charge in [-0.05, 0) is 31.5 Å². The molecule has 1 N–H and O–H groups in total. The molecule has 136 valence electrons. The SMILES string of the molecule is COc1ccc(CNC(=O)CSc2nnc(-c3sc(C)nc3C)o2)cc1. The first-order valence-electron chi connectivity index (χ1n) is 7.85. The minimum absolute atomic E-state index is 0.101. The number of benzene rings is 1. The van der Waals surface area contributed by atoms with Crippen LogP contribution in [0.1, 0.15) is 16.3 Å². The van der Waals surface area contributed by atoms with Gasteiger partial charge in [-0.15, -0.1) is 21.5 Å². The largest absolute Gasteiger partial charge is 0.497 e. The predicted molar refractivity (Wildman–Crippen MR) is 100 cm³/mol. The number of thiazole rings is 1. The summed E-state index contributed by atoms with van der Waals surface area (Å²) in [5.74, 6) is 1.33. The molecule has 9 heteroatoms. The Labute approximate surface area is 159 Å². The van der Waals surface area contributed by atoms with Crippen LogP contribution in [-0.4, -0.2) is 34.0 Å². The van der Waals surface area contributed by atoms with Gasteiger partial charge in [-0.2, -0.15) is 0 Å². The van der Waals surface area contributed by atoms with Crippen molar-refractivity contribution in [3.8, 4) is 16.5 Å². The van der Waals surface area contributed by atoms with E-state index in [1.807, 2.05) is 38.1 Å². The van der Waals surface area contributed by atoms with Crippen LogP contribution in [-0.2, 0) is 11.3 Å². The monoisotopic (exact) mass is 390 g/mol. The second-order valence-corrected chi connectivity index (χ2v) is 7.56. The van der Waals surface area contributed by atoms with Gasteiger partial charge in [-0.25, -0.2) is 4.98 Å². The van der Waals surface area contributed by atoms with Crippen molar-refractivity contribution in [1.82, 2.24) is 20.5 Å². The van der Waals surface area contributed by atoms with E-state index in [0.29, 0.717) is 17.7 Å². The number of hydrogen-bond acceptors (Lipinski definition) is 8. The number of nitrogens with one attached hydrogen (secondary N) is 1. The Bertz CT molecular complexity index is 890. The molecule has 0 aliphatic carbocycles. The molecule has 0 fully saturated rings. The molecule has 1 aromatic carbocycles. The summed E-state index contributed by atoms with van der Waals surface area (Å²) in [6.07, 6.45) is 0. The maximum Gasteiger partial charge on any atom is 0.277 e. The second-order valence-electron chi connectivity index (χ2n) is 5.43. The summed E-state index contributed by atoms with van der Waals surface area (Å²) in [5, 5.41) is 12.2. The summed E-state index contributed by atoms with van der Waals surface area (Å²) >= 11 is 2.72. The van der Waals surface area contributed by atoms with Crippen molar-refractivity contribution in [2.45, 2.75) is 25.6 Å². The van der Waals surface area contributed by atoms with E-state index >= 15 is 0 Å². The van der Waals surface area contributed by atoms with Crippen molar-refractivity contribution in [3.63, 3.8) is 0 Å². The first-order chi connectivity index (χ1) is 12.5. The molecule has 0 saturated carbocycles. The highest BCUT2D eigenvalue weighted by Gasteiger charge is 2.15. The minimum atomic E-state index is -0.101. The van der Waals surface area contributed by atoms with Crippen LogP contribution in [0.4, 0.5) is 0 Å². The number of nitrogens with zero attached hydrogens (tertiary/aromatic N) is 3. The van der Waals surface area contributed by atoms with Crippen LogP contribution in [0, 0.1) is 13.8 Å². The Kier molecular flexibility index (Phi) is 5.89. The molecule has 26 heavy (non-hydrogen) atoms. The minimum Gasteiger partial charge on any atom is -0.497 e. The predicted octanol–water partition coefficient (Wildman–Crippen LogP) is 3.23. The Morgan fingerprint density at radius 1 is 1.27 bits per heavy atom. The average Bonchev–Trinajstić information content (AvgIpc) is 3.24. The van der Waals surface area contributed by atoms with Crippen molar-refractivity contribution in [1.29, 1.82) is 0 Å². The first-order valence-corrected chi connectivity index (χ1v) is 9.65. The van der Waals surface area contributed by atoms with Crippen LogP contribution in [0.25, 0.3) is 10.8 Å². The van der Waals surface area contributed by atoms with Crippen molar-refractivity contribution in [2.24, 2.45) is 0 Å². The van der Waals surface area contributed by atoms with Crippen LogP contribution in [0.5, 0.6) is 5.75 Å². The van der Waals surface area contributed by atoms with Gasteiger partial charge in [0.15, 0.2) is 0 Å². The normalized spacial score (nSPS) is 10.7. The lowest BCUT2D eigenvalue weighted by atomic mass is 10.2. The highest BCUT2D eigenvalue weighted by molar-refractivity contribution is 7.99. The van der Waals surface area contributed by atoms with E-state index in [4.69, 9.17) is 9.15 Å². The highest BCUT2D eigenvalue weighted by Crippen LogP contribution is 2.30. The van der Waals surface area contributed by atoms with Gasteiger partial charge < -0.3 is 14.5 Å². The number of thioether (sulfide) groups is 1. The Hall–Kier alpha value is -2.39. The quantitative estimate of drug-likeness (QED) is 0.619. The molecule has 0 unspecified atom stereocenters. The molecule has 0 aliphatic heterocycles. The standard InChI is InChI=1S/C17H18N4O3S2/c1-10-15(26-11(2)19-10)16-20-21-17(24-16)25-9-14(22)18-8-12-4-6-13(23-3)7-5-12/h4-7H,8-9H2,1-3H3,(H,18,22). The maximum atomic E-state index is 12.0. The number of aromatic nitrogens is 3. The molecule has 7 nitrogen and oxygen atoms in total. The van der Waals surface area contributed by atoms with E-state index in [2.05, 4.69) is 20.5 Å². The maximum absolute atomic E-state index is 12.0. The summed E-state index contributed by atoms with van der Waals surface area (Å²) in [6, 6.07) is 7.55. The van der Waals surface area contributed by atoms with Gasteiger partial charge in [0.2, 0.25) is 5.91 Å². The van der Waals surface area contributed by atoms with Crippen molar-refractivity contribution >= 4 is 29.0 Å². The average molecular weight is 390 g/mol. The van der Waals surface area contributed by atoms with E-state index in [1.54, 1.807) is 7.11 Å². The zero-order chi connectivity index (χ0) is 18.5. The van der Waals surface area contributed by atoms with Crippen LogP contribution in [0.3, 0.4) is 0 Å². The summed E-state index contributed by atoms with van der Waals surface area (Å²) in [4.78, 5) is 17.2. The third-order valence-electron chi connectivity index (χ3n) is 3.48. The first kappa shape index (κ1) is 18.4. The van der Waals surface area contributed by atoms with Gasteiger partial charge in [0.1, 0.15) is 10.6 Å². The van der Waals surface area contributed by atoms with Crippen molar-refractivity contribution in [2.75, 3.05) is 12.9 Å². The van der Waals surface area contributed by atoms with Crippen molar-refractivity contribution < 1.29 is 13.9 Å². The molecule has 0 spiro atoms. The molecule has 2 heterocycles. The highest BCUT2D eigenvalue weighted by atomic mass is 32.2. The third-order valence-corrected chi connectivity index (χ3v) is 5.36. The second kappa shape index (κ2) is 8.33. The number of aryl methyl sites for hydroxylation is 2. The number of amides is 1. The van der Waals surface area contributed by atoms with Crippen LogP contribution in [0.2, 0.25) is 0 Å². The van der Waals surface area contributed by atoms with E-state index < -0.39 is 0 Å². The third kappa shape index (κ3) is 4.61. The fraction of sp³-hybridized carbons (Fsp3) is 0.294. The molecule has 0 saturated heterocycles. The van der Waals surface area contributed by atoms with Gasteiger partial charge in [0.25, 0.3) is 11.1 Å². The van der Waals surface area contributed by atoms with Gasteiger partial charge in [-0.1, -0.05) is 23.9 Å². The van der Waals surface area contributed by atoms with Crippen LogP contribution in [0.15, 0.2) is 33.9 Å². The lowest BCUT2D eigenvalue weighted by Gasteiger charge is -2.05. The fourth-order valence-corrected chi connectivity index (χ4v) is 3.65. The molecule has 0 aliphatic rings. The van der Waals surface area contributed by atoms with Crippen LogP contribution >= 0.6 is 23.1 Å². The van der Waals surface area contributed by atoms with Gasteiger partial charge in [0.05, 0.1) is 23.6 Å². The summed E-state index contributed by atoms with van der Waals surface area (Å²) in [7, 11) is 1.62. The molecule has 0 radical (unpaired) electrons. The molecule has 1 amide bonds. The van der Waals surface area contributed by atoms with Crippen LogP contribution < -0.4 is 10.1 Å². The van der Waals surface area contributed by atoms with Gasteiger partial charge in [-0.3, -0.25) is 4.79 Å². The molecule has 3 aromatic rings. The molecule has 3 rings (SSSR count). The van der Waals surface area contributed by atoms with E-state index in [0.717, 1.165) is 26.9 Å². The summed E-state index contributed by atoms with van der Waals surface area (Å²) in [5.41, 5.74) is 1.87. The van der Waals surface area contributed by atoms with E-state index in [1.165, 1.54) is 23.1 Å². The summed E-state index contributed by atoms with van der Waals surface area (Å²) < 4.78 is 10.7. The lowest BCUT2D eigenvalue weighted by Crippen LogP contribution is -2.24. The van der Waals surface area contributed by atoms with Gasteiger partial charge in [0, 0.05) is 6.54 Å². The van der Waals surface area contributed by atoms with Crippen molar-refractivity contribution in [3.05, 3.63) is 40.5 Å². The molecule has 0 atom stereocenters.